The molecule has 0 radical (unpaired) electrons. The largest absolute Gasteiger partial charge is 0.444 e. The van der Waals surface area contributed by atoms with Crippen LogP contribution in [0.3, 0.4) is 0 Å². The molecule has 2 amide bonds. The Kier molecular flexibility index (Phi) is 7.32. The van der Waals surface area contributed by atoms with Gasteiger partial charge in [0.15, 0.2) is 0 Å². The summed E-state index contributed by atoms with van der Waals surface area (Å²) in [5.41, 5.74) is 0.352. The van der Waals surface area contributed by atoms with Gasteiger partial charge in [-0.15, -0.1) is 0 Å². The molecule has 0 unspecified atom stereocenters. The van der Waals surface area contributed by atoms with Crippen LogP contribution in [0.4, 0.5) is 4.79 Å². The van der Waals surface area contributed by atoms with Crippen molar-refractivity contribution in [1.29, 1.82) is 0 Å². The van der Waals surface area contributed by atoms with Crippen molar-refractivity contribution in [2.45, 2.75) is 38.8 Å². The van der Waals surface area contributed by atoms with Crippen molar-refractivity contribution in [3.8, 4) is 0 Å². The number of aliphatic hydroxyl groups excluding tert-OH is 1. The van der Waals surface area contributed by atoms with Crippen LogP contribution in [0.2, 0.25) is 5.02 Å². The molecule has 0 aliphatic rings. The van der Waals surface area contributed by atoms with Gasteiger partial charge < -0.3 is 20.5 Å². The molecule has 0 aliphatic heterocycles. The van der Waals surface area contributed by atoms with Crippen LogP contribution in [0.5, 0.6) is 0 Å². The maximum Gasteiger partial charge on any atom is 0.408 e. The monoisotopic (exact) mass is 342 g/mol. The first kappa shape index (κ1) is 19.3. The average Bonchev–Trinajstić information content (AvgIpc) is 2.44. The first-order valence-corrected chi connectivity index (χ1v) is 7.71. The molecule has 128 valence electrons. The minimum Gasteiger partial charge on any atom is -0.444 e. The van der Waals surface area contributed by atoms with Crippen LogP contribution in [0.1, 0.15) is 26.3 Å². The minimum absolute atomic E-state index is 0.382. The molecule has 0 spiro atoms. The molecule has 1 aromatic carbocycles. The van der Waals surface area contributed by atoms with Crippen LogP contribution in [0.25, 0.3) is 0 Å². The lowest BCUT2D eigenvalue weighted by molar-refractivity contribution is -0.124. The quantitative estimate of drug-likeness (QED) is 0.736. The number of nitrogens with one attached hydrogen (secondary N) is 2. The van der Waals surface area contributed by atoms with E-state index >= 15 is 0 Å². The Labute approximate surface area is 141 Å². The maximum absolute atomic E-state index is 12.0. The van der Waals surface area contributed by atoms with E-state index in [0.717, 1.165) is 5.56 Å². The summed E-state index contributed by atoms with van der Waals surface area (Å²) in [6.45, 7) is 5.02. The van der Waals surface area contributed by atoms with Gasteiger partial charge in [-0.25, -0.2) is 4.79 Å². The number of aliphatic hydroxyl groups is 1. The molecule has 0 aliphatic carbocycles. The molecule has 3 N–H and O–H groups in total. The van der Waals surface area contributed by atoms with E-state index in [-0.39, 0.29) is 0 Å². The number of halogens is 1. The fourth-order valence-electron chi connectivity index (χ4n) is 1.75. The fraction of sp³-hybridized carbons (Fsp3) is 0.500. The van der Waals surface area contributed by atoms with Crippen molar-refractivity contribution >= 4 is 23.6 Å². The Balaban J connectivity index is 2.41. The number of rotatable bonds is 6. The SMILES string of the molecule is CC(C)(C)OC(=O)N[C@@H](CO)C(=O)NCCc1ccc(Cl)cc1. The zero-order chi connectivity index (χ0) is 17.5. The van der Waals surface area contributed by atoms with E-state index in [1.54, 1.807) is 32.9 Å². The third-order valence-electron chi connectivity index (χ3n) is 2.82. The Morgan fingerprint density at radius 3 is 2.39 bits per heavy atom. The number of carbonyl (C=O) groups excluding carboxylic acids is 2. The van der Waals surface area contributed by atoms with Gasteiger partial charge in [-0.3, -0.25) is 4.79 Å². The first-order chi connectivity index (χ1) is 10.7. The van der Waals surface area contributed by atoms with Crippen LogP contribution < -0.4 is 10.6 Å². The molecule has 7 heteroatoms. The summed E-state index contributed by atoms with van der Waals surface area (Å²) in [6.07, 6.45) is -0.127. The van der Waals surface area contributed by atoms with E-state index in [1.165, 1.54) is 0 Å². The summed E-state index contributed by atoms with van der Waals surface area (Å²) < 4.78 is 5.05. The van der Waals surface area contributed by atoms with Crippen molar-refractivity contribution in [2.75, 3.05) is 13.2 Å². The van der Waals surface area contributed by atoms with Gasteiger partial charge in [0.05, 0.1) is 6.61 Å². The van der Waals surface area contributed by atoms with Gasteiger partial charge in [0.2, 0.25) is 5.91 Å². The molecular formula is C16H23ClN2O4. The molecule has 1 aromatic rings. The number of hydrogen-bond acceptors (Lipinski definition) is 4. The van der Waals surface area contributed by atoms with Gasteiger partial charge in [0, 0.05) is 11.6 Å². The Morgan fingerprint density at radius 2 is 1.87 bits per heavy atom. The second-order valence-corrected chi connectivity index (χ2v) is 6.49. The van der Waals surface area contributed by atoms with Crippen molar-refractivity contribution in [3.05, 3.63) is 34.9 Å². The number of hydrogen-bond donors (Lipinski definition) is 3. The molecule has 6 nitrogen and oxygen atoms in total. The van der Waals surface area contributed by atoms with E-state index in [2.05, 4.69) is 10.6 Å². The highest BCUT2D eigenvalue weighted by Gasteiger charge is 2.23. The van der Waals surface area contributed by atoms with Gasteiger partial charge in [0.1, 0.15) is 11.6 Å². The zero-order valence-corrected chi connectivity index (χ0v) is 14.3. The molecule has 1 rings (SSSR count). The zero-order valence-electron chi connectivity index (χ0n) is 13.6. The third-order valence-corrected chi connectivity index (χ3v) is 3.07. The van der Waals surface area contributed by atoms with Gasteiger partial charge >= 0.3 is 6.09 Å². The topological polar surface area (TPSA) is 87.7 Å². The van der Waals surface area contributed by atoms with Crippen LogP contribution >= 0.6 is 11.6 Å². The highest BCUT2D eigenvalue weighted by molar-refractivity contribution is 6.30. The molecule has 0 fully saturated rings. The Hall–Kier alpha value is -1.79. The lowest BCUT2D eigenvalue weighted by Crippen LogP contribution is -2.50. The lowest BCUT2D eigenvalue weighted by Gasteiger charge is -2.22. The van der Waals surface area contributed by atoms with Crippen LogP contribution in [0.15, 0.2) is 24.3 Å². The summed E-state index contributed by atoms with van der Waals surface area (Å²) >= 11 is 5.80. The van der Waals surface area contributed by atoms with E-state index < -0.39 is 30.3 Å². The highest BCUT2D eigenvalue weighted by atomic mass is 35.5. The van der Waals surface area contributed by atoms with E-state index in [4.69, 9.17) is 16.3 Å². The second kappa shape index (κ2) is 8.74. The van der Waals surface area contributed by atoms with E-state index in [0.29, 0.717) is 18.0 Å². The number of benzene rings is 1. The number of carbonyl (C=O) groups is 2. The summed E-state index contributed by atoms with van der Waals surface area (Å²) in [5.74, 6) is -0.465. The molecule has 23 heavy (non-hydrogen) atoms. The van der Waals surface area contributed by atoms with E-state index in [1.807, 2.05) is 12.1 Å². The number of amides is 2. The third kappa shape index (κ3) is 7.85. The van der Waals surface area contributed by atoms with Crippen molar-refractivity contribution in [3.63, 3.8) is 0 Å². The van der Waals surface area contributed by atoms with Crippen molar-refractivity contribution in [2.24, 2.45) is 0 Å². The first-order valence-electron chi connectivity index (χ1n) is 7.34. The molecule has 1 atom stereocenters. The van der Waals surface area contributed by atoms with Gasteiger partial charge in [-0.2, -0.15) is 0 Å². The maximum atomic E-state index is 12.0. The standard InChI is InChI=1S/C16H23ClN2O4/c1-16(2,3)23-15(22)19-13(10-20)14(21)18-9-8-11-4-6-12(17)7-5-11/h4-7,13,20H,8-10H2,1-3H3,(H,18,21)(H,19,22)/t13-/m0/s1. The molecular weight excluding hydrogens is 320 g/mol. The van der Waals surface area contributed by atoms with E-state index in [9.17, 15) is 14.7 Å². The van der Waals surface area contributed by atoms with Crippen LogP contribution in [-0.4, -0.2) is 41.9 Å². The predicted molar refractivity (Wildman–Crippen MR) is 88.4 cm³/mol. The average molecular weight is 343 g/mol. The molecule has 0 saturated heterocycles. The summed E-state index contributed by atoms with van der Waals surface area (Å²) in [5, 5.41) is 14.9. The predicted octanol–water partition coefficient (Wildman–Crippen LogP) is 1.88. The Bertz CT molecular complexity index is 526. The molecule has 0 heterocycles. The van der Waals surface area contributed by atoms with Gasteiger partial charge in [0.25, 0.3) is 0 Å². The highest BCUT2D eigenvalue weighted by Crippen LogP contribution is 2.09. The van der Waals surface area contributed by atoms with Crippen LogP contribution in [0, 0.1) is 0 Å². The van der Waals surface area contributed by atoms with Crippen molar-refractivity contribution < 1.29 is 19.4 Å². The minimum atomic E-state index is -1.05. The Morgan fingerprint density at radius 1 is 1.26 bits per heavy atom. The summed E-state index contributed by atoms with van der Waals surface area (Å²) in [7, 11) is 0. The molecule has 0 aromatic heterocycles. The van der Waals surface area contributed by atoms with Gasteiger partial charge in [-0.1, -0.05) is 23.7 Å². The molecule has 0 bridgehead atoms. The number of ether oxygens (including phenoxy) is 1. The molecule has 0 saturated carbocycles. The summed E-state index contributed by atoms with van der Waals surface area (Å²) in [6, 6.07) is 6.25. The van der Waals surface area contributed by atoms with Crippen LogP contribution in [-0.2, 0) is 16.0 Å². The van der Waals surface area contributed by atoms with Crippen molar-refractivity contribution in [1.82, 2.24) is 10.6 Å². The lowest BCUT2D eigenvalue weighted by atomic mass is 10.1. The smallest absolute Gasteiger partial charge is 0.408 e. The number of alkyl carbamates (subject to hydrolysis) is 1. The normalized spacial score (nSPS) is 12.4. The summed E-state index contributed by atoms with van der Waals surface area (Å²) in [4.78, 5) is 23.6. The second-order valence-electron chi connectivity index (χ2n) is 6.05. The fourth-order valence-corrected chi connectivity index (χ4v) is 1.87. The van der Waals surface area contributed by atoms with Gasteiger partial charge in [-0.05, 0) is 44.9 Å².